The lowest BCUT2D eigenvalue weighted by molar-refractivity contribution is -0.146. The Morgan fingerprint density at radius 2 is 2.00 bits per heavy atom. The third-order valence-corrected chi connectivity index (χ3v) is 3.94. The first-order valence-corrected chi connectivity index (χ1v) is 6.82. The van der Waals surface area contributed by atoms with E-state index in [0.29, 0.717) is 18.7 Å². The zero-order chi connectivity index (χ0) is 14.9. The molecule has 1 aliphatic carbocycles. The fourth-order valence-corrected chi connectivity index (χ4v) is 2.76. The second-order valence-corrected chi connectivity index (χ2v) is 5.59. The maximum absolute atomic E-state index is 12.1. The van der Waals surface area contributed by atoms with E-state index < -0.39 is 17.8 Å². The molecule has 1 amide bonds. The summed E-state index contributed by atoms with van der Waals surface area (Å²) >= 11 is 0. The molecule has 6 heteroatoms. The van der Waals surface area contributed by atoms with Crippen LogP contribution in [-0.4, -0.2) is 22.0 Å². The van der Waals surface area contributed by atoms with Gasteiger partial charge in [0, 0.05) is 0 Å². The van der Waals surface area contributed by atoms with E-state index in [1.807, 2.05) is 20.8 Å². The molecular formula is C14H20N2O4. The van der Waals surface area contributed by atoms with Crippen molar-refractivity contribution < 1.29 is 19.1 Å². The molecule has 1 aromatic heterocycles. The lowest BCUT2D eigenvalue weighted by atomic mass is 9.95. The van der Waals surface area contributed by atoms with Crippen LogP contribution in [0, 0.1) is 31.6 Å². The van der Waals surface area contributed by atoms with Gasteiger partial charge in [-0.1, -0.05) is 6.92 Å². The predicted molar refractivity (Wildman–Crippen MR) is 70.8 cm³/mol. The van der Waals surface area contributed by atoms with Crippen LogP contribution in [0.25, 0.3) is 0 Å². The van der Waals surface area contributed by atoms with Gasteiger partial charge in [-0.15, -0.1) is 0 Å². The molecule has 110 valence electrons. The topological polar surface area (TPSA) is 92.4 Å². The second kappa shape index (κ2) is 5.64. The van der Waals surface area contributed by atoms with Gasteiger partial charge in [-0.05, 0) is 32.6 Å². The Labute approximate surface area is 117 Å². The minimum Gasteiger partial charge on any atom is -0.481 e. The number of hydrogen-bond acceptors (Lipinski definition) is 4. The van der Waals surface area contributed by atoms with Crippen LogP contribution in [-0.2, 0) is 16.1 Å². The number of amides is 1. The maximum atomic E-state index is 12.1. The van der Waals surface area contributed by atoms with Crippen LogP contribution in [0.1, 0.15) is 37.1 Å². The standard InChI is InChI=1S/C14H20N2O4/c1-7-4-10(11(5-7)14(18)19)13(17)15-6-12-16-8(2)9(3)20-12/h7,10-11H,4-6H2,1-3H3,(H,15,17)(H,18,19)/t7?,10-,11+/m0/s1. The summed E-state index contributed by atoms with van der Waals surface area (Å²) < 4.78 is 5.38. The Morgan fingerprint density at radius 3 is 2.55 bits per heavy atom. The number of rotatable bonds is 4. The van der Waals surface area contributed by atoms with E-state index in [-0.39, 0.29) is 18.4 Å². The minimum atomic E-state index is -0.891. The van der Waals surface area contributed by atoms with Gasteiger partial charge in [0.1, 0.15) is 5.76 Å². The highest BCUT2D eigenvalue weighted by Crippen LogP contribution is 2.36. The summed E-state index contributed by atoms with van der Waals surface area (Å²) in [6.07, 6.45) is 1.18. The summed E-state index contributed by atoms with van der Waals surface area (Å²) in [6, 6.07) is 0. The number of nitrogens with zero attached hydrogens (tertiary/aromatic N) is 1. The van der Waals surface area contributed by atoms with Crippen molar-refractivity contribution in [2.45, 2.75) is 40.2 Å². The number of hydrogen-bond donors (Lipinski definition) is 2. The maximum Gasteiger partial charge on any atom is 0.307 e. The zero-order valence-corrected chi connectivity index (χ0v) is 12.0. The van der Waals surface area contributed by atoms with Crippen molar-refractivity contribution >= 4 is 11.9 Å². The van der Waals surface area contributed by atoms with Crippen LogP contribution in [0.15, 0.2) is 4.42 Å². The van der Waals surface area contributed by atoms with Gasteiger partial charge in [0.2, 0.25) is 11.8 Å². The summed E-state index contributed by atoms with van der Waals surface area (Å²) in [5, 5.41) is 11.9. The van der Waals surface area contributed by atoms with E-state index in [4.69, 9.17) is 9.52 Å². The molecule has 0 aliphatic heterocycles. The molecule has 0 radical (unpaired) electrons. The van der Waals surface area contributed by atoms with Crippen molar-refractivity contribution in [3.63, 3.8) is 0 Å². The van der Waals surface area contributed by atoms with Gasteiger partial charge in [-0.3, -0.25) is 9.59 Å². The van der Waals surface area contributed by atoms with Crippen molar-refractivity contribution in [2.75, 3.05) is 0 Å². The summed E-state index contributed by atoms with van der Waals surface area (Å²) in [7, 11) is 0. The van der Waals surface area contributed by atoms with E-state index in [1.54, 1.807) is 0 Å². The first kappa shape index (κ1) is 14.6. The number of carboxylic acids is 1. The number of aryl methyl sites for hydroxylation is 2. The Bertz CT molecular complexity index is 504. The van der Waals surface area contributed by atoms with Crippen LogP contribution < -0.4 is 5.32 Å². The molecule has 0 bridgehead atoms. The first-order chi connectivity index (χ1) is 9.38. The molecule has 0 saturated heterocycles. The van der Waals surface area contributed by atoms with Gasteiger partial charge in [-0.25, -0.2) is 4.98 Å². The molecular weight excluding hydrogens is 260 g/mol. The van der Waals surface area contributed by atoms with E-state index in [0.717, 1.165) is 11.5 Å². The Kier molecular flexibility index (Phi) is 4.11. The molecule has 1 saturated carbocycles. The Morgan fingerprint density at radius 1 is 1.35 bits per heavy atom. The highest BCUT2D eigenvalue weighted by Gasteiger charge is 2.41. The van der Waals surface area contributed by atoms with E-state index in [1.165, 1.54) is 0 Å². The monoisotopic (exact) mass is 280 g/mol. The molecule has 0 spiro atoms. The highest BCUT2D eigenvalue weighted by atomic mass is 16.4. The molecule has 2 N–H and O–H groups in total. The Balaban J connectivity index is 1.95. The molecule has 6 nitrogen and oxygen atoms in total. The second-order valence-electron chi connectivity index (χ2n) is 5.59. The number of carbonyl (C=O) groups excluding carboxylic acids is 1. The summed E-state index contributed by atoms with van der Waals surface area (Å²) in [5.41, 5.74) is 0.798. The average Bonchev–Trinajstić information content (AvgIpc) is 2.91. The fraction of sp³-hybridized carbons (Fsp3) is 0.643. The third-order valence-electron chi connectivity index (χ3n) is 3.94. The lowest BCUT2D eigenvalue weighted by Gasteiger charge is -2.14. The summed E-state index contributed by atoms with van der Waals surface area (Å²) in [6.45, 7) is 5.82. The van der Waals surface area contributed by atoms with E-state index >= 15 is 0 Å². The number of carbonyl (C=O) groups is 2. The molecule has 1 aliphatic rings. The van der Waals surface area contributed by atoms with Crippen LogP contribution in [0.5, 0.6) is 0 Å². The number of aliphatic carboxylic acids is 1. The Hall–Kier alpha value is -1.85. The normalized spacial score (nSPS) is 25.6. The molecule has 3 atom stereocenters. The summed E-state index contributed by atoms with van der Waals surface area (Å²) in [4.78, 5) is 27.5. The van der Waals surface area contributed by atoms with Gasteiger partial charge >= 0.3 is 5.97 Å². The fourth-order valence-electron chi connectivity index (χ4n) is 2.76. The lowest BCUT2D eigenvalue weighted by Crippen LogP contribution is -2.35. The van der Waals surface area contributed by atoms with Gasteiger partial charge in [0.25, 0.3) is 0 Å². The van der Waals surface area contributed by atoms with Crippen molar-refractivity contribution in [1.82, 2.24) is 10.3 Å². The number of aromatic nitrogens is 1. The molecule has 1 fully saturated rings. The number of carboxylic acid groups (broad SMARTS) is 1. The van der Waals surface area contributed by atoms with Crippen LogP contribution in [0.4, 0.5) is 0 Å². The number of nitrogens with one attached hydrogen (secondary N) is 1. The number of oxazole rings is 1. The van der Waals surface area contributed by atoms with Crippen molar-refractivity contribution in [1.29, 1.82) is 0 Å². The highest BCUT2D eigenvalue weighted by molar-refractivity contribution is 5.85. The zero-order valence-electron chi connectivity index (χ0n) is 12.0. The molecule has 1 aromatic rings. The van der Waals surface area contributed by atoms with Crippen molar-refractivity contribution in [2.24, 2.45) is 17.8 Å². The van der Waals surface area contributed by atoms with Gasteiger partial charge < -0.3 is 14.8 Å². The average molecular weight is 280 g/mol. The van der Waals surface area contributed by atoms with Gasteiger partial charge in [-0.2, -0.15) is 0 Å². The minimum absolute atomic E-state index is 0.199. The SMILES string of the molecule is Cc1nc(CNC(=O)[C@H]2CC(C)C[C@H]2C(=O)O)oc1C. The van der Waals surface area contributed by atoms with Crippen LogP contribution >= 0.6 is 0 Å². The molecule has 2 rings (SSSR count). The molecule has 0 aromatic carbocycles. The van der Waals surface area contributed by atoms with Gasteiger partial charge in [0.05, 0.1) is 24.1 Å². The van der Waals surface area contributed by atoms with Gasteiger partial charge in [0.15, 0.2) is 0 Å². The van der Waals surface area contributed by atoms with E-state index in [2.05, 4.69) is 10.3 Å². The molecule has 1 heterocycles. The first-order valence-electron chi connectivity index (χ1n) is 6.82. The van der Waals surface area contributed by atoms with Crippen molar-refractivity contribution in [3.05, 3.63) is 17.3 Å². The van der Waals surface area contributed by atoms with Crippen LogP contribution in [0.3, 0.4) is 0 Å². The van der Waals surface area contributed by atoms with Crippen molar-refractivity contribution in [3.8, 4) is 0 Å². The quantitative estimate of drug-likeness (QED) is 0.875. The van der Waals surface area contributed by atoms with Crippen LogP contribution in [0.2, 0.25) is 0 Å². The van der Waals surface area contributed by atoms with E-state index in [9.17, 15) is 9.59 Å². The predicted octanol–water partition coefficient (Wildman–Crippen LogP) is 1.65. The molecule has 1 unspecified atom stereocenters. The third kappa shape index (κ3) is 3.00. The smallest absolute Gasteiger partial charge is 0.307 e. The largest absolute Gasteiger partial charge is 0.481 e. The summed E-state index contributed by atoms with van der Waals surface area (Å²) in [5.74, 6) is -0.721. The molecule has 20 heavy (non-hydrogen) atoms.